The van der Waals surface area contributed by atoms with E-state index in [0.29, 0.717) is 13.2 Å². The molecule has 0 saturated carbocycles. The van der Waals surface area contributed by atoms with Gasteiger partial charge in [0.15, 0.2) is 0 Å². The first-order valence-corrected chi connectivity index (χ1v) is 12.6. The Labute approximate surface area is 211 Å². The van der Waals surface area contributed by atoms with Crippen molar-refractivity contribution in [1.82, 2.24) is 9.97 Å². The summed E-state index contributed by atoms with van der Waals surface area (Å²) in [7, 11) is 0. The van der Waals surface area contributed by atoms with Gasteiger partial charge in [-0.05, 0) is 46.8 Å². The molecular formula is C29H30ClN3O2. The molecule has 5 nitrogen and oxygen atoms in total. The number of nitrogens with one attached hydrogen (secondary N) is 1. The lowest BCUT2D eigenvalue weighted by Gasteiger charge is -2.22. The molecule has 6 heteroatoms. The van der Waals surface area contributed by atoms with Crippen molar-refractivity contribution in [1.29, 1.82) is 0 Å². The molecule has 0 bridgehead atoms. The Morgan fingerprint density at radius 1 is 0.943 bits per heavy atom. The summed E-state index contributed by atoms with van der Waals surface area (Å²) in [6, 6.07) is 26.7. The molecule has 3 aromatic carbocycles. The fourth-order valence-corrected chi connectivity index (χ4v) is 5.01. The number of benzene rings is 3. The number of nitrogens with zero attached hydrogens (tertiary/aromatic N) is 2. The van der Waals surface area contributed by atoms with Crippen molar-refractivity contribution in [2.75, 3.05) is 5.32 Å². The maximum Gasteiger partial charge on any atom is 0.224 e. The Balaban J connectivity index is 1.41. The average Bonchev–Trinajstić information content (AvgIpc) is 3.22. The van der Waals surface area contributed by atoms with E-state index in [2.05, 4.69) is 71.6 Å². The minimum Gasteiger partial charge on any atom is -0.370 e. The van der Waals surface area contributed by atoms with Gasteiger partial charge in [0.1, 0.15) is 11.9 Å². The molecule has 1 aromatic heterocycles. The molecular weight excluding hydrogens is 458 g/mol. The van der Waals surface area contributed by atoms with Gasteiger partial charge in [-0.2, -0.15) is 0 Å². The molecule has 4 aromatic rings. The highest BCUT2D eigenvalue weighted by Gasteiger charge is 2.42. The minimum atomic E-state index is -0.169. The molecule has 0 amide bonds. The van der Waals surface area contributed by atoms with Gasteiger partial charge in [-0.3, -0.25) is 0 Å². The van der Waals surface area contributed by atoms with Gasteiger partial charge in [-0.15, -0.1) is 0 Å². The minimum absolute atomic E-state index is 0.0504. The summed E-state index contributed by atoms with van der Waals surface area (Å²) in [6.45, 7) is 5.59. The third kappa shape index (κ3) is 5.32. The predicted molar refractivity (Wildman–Crippen MR) is 140 cm³/mol. The summed E-state index contributed by atoms with van der Waals surface area (Å²) in [5.74, 6) is 1.00. The third-order valence-corrected chi connectivity index (χ3v) is 6.91. The van der Waals surface area contributed by atoms with E-state index in [9.17, 15) is 0 Å². The first kappa shape index (κ1) is 23.7. The van der Waals surface area contributed by atoms with E-state index in [0.717, 1.165) is 34.3 Å². The Kier molecular flexibility index (Phi) is 7.28. The van der Waals surface area contributed by atoms with Crippen LogP contribution in [0.4, 0.5) is 5.82 Å². The summed E-state index contributed by atoms with van der Waals surface area (Å²) < 4.78 is 13.0. The van der Waals surface area contributed by atoms with Crippen LogP contribution in [0.5, 0.6) is 0 Å². The summed E-state index contributed by atoms with van der Waals surface area (Å²) in [4.78, 5) is 8.96. The quantitative estimate of drug-likeness (QED) is 0.272. The van der Waals surface area contributed by atoms with Crippen LogP contribution >= 0.6 is 11.6 Å². The molecule has 1 fully saturated rings. The number of hydrogen-bond acceptors (Lipinski definition) is 5. The van der Waals surface area contributed by atoms with Crippen LogP contribution in [0.25, 0.3) is 10.9 Å². The lowest BCUT2D eigenvalue weighted by Crippen LogP contribution is -2.25. The van der Waals surface area contributed by atoms with E-state index in [-0.39, 0.29) is 29.5 Å². The van der Waals surface area contributed by atoms with E-state index in [4.69, 9.17) is 21.1 Å². The van der Waals surface area contributed by atoms with Crippen LogP contribution in [-0.2, 0) is 22.6 Å². The fraction of sp³-hybridized carbons (Fsp3) is 0.310. The van der Waals surface area contributed by atoms with Crippen LogP contribution in [-0.4, -0.2) is 22.2 Å². The van der Waals surface area contributed by atoms with Gasteiger partial charge in [-0.1, -0.05) is 80.6 Å². The normalized spacial score (nSPS) is 21.9. The van der Waals surface area contributed by atoms with E-state index < -0.39 is 0 Å². The zero-order valence-electron chi connectivity index (χ0n) is 20.0. The first-order chi connectivity index (χ1) is 17.1. The molecule has 35 heavy (non-hydrogen) atoms. The molecule has 2 heterocycles. The summed E-state index contributed by atoms with van der Waals surface area (Å²) in [6.07, 6.45) is 0.870. The molecule has 180 valence electrons. The number of halogens is 1. The largest absolute Gasteiger partial charge is 0.370 e. The Morgan fingerprint density at radius 2 is 1.66 bits per heavy atom. The molecule has 4 atom stereocenters. The van der Waals surface area contributed by atoms with Crippen LogP contribution in [0.1, 0.15) is 43.1 Å². The number of fused-ring (bicyclic) bond motifs is 1. The highest BCUT2D eigenvalue weighted by molar-refractivity contribution is 6.28. The molecule has 0 radical (unpaired) electrons. The van der Waals surface area contributed by atoms with Crippen molar-refractivity contribution < 1.29 is 9.47 Å². The van der Waals surface area contributed by atoms with Crippen LogP contribution in [0.3, 0.4) is 0 Å². The smallest absolute Gasteiger partial charge is 0.224 e. The van der Waals surface area contributed by atoms with Crippen LogP contribution in [0.15, 0.2) is 78.9 Å². The topological polar surface area (TPSA) is 56.3 Å². The van der Waals surface area contributed by atoms with Crippen molar-refractivity contribution in [3.05, 3.63) is 101 Å². The average molecular weight is 488 g/mol. The maximum absolute atomic E-state index is 6.51. The van der Waals surface area contributed by atoms with Crippen LogP contribution in [0.2, 0.25) is 5.28 Å². The van der Waals surface area contributed by atoms with Crippen molar-refractivity contribution in [2.45, 2.75) is 51.7 Å². The predicted octanol–water partition coefficient (Wildman–Crippen LogP) is 6.97. The van der Waals surface area contributed by atoms with E-state index in [1.54, 1.807) is 0 Å². The molecule has 5 rings (SSSR count). The third-order valence-electron chi connectivity index (χ3n) is 6.74. The second-order valence-corrected chi connectivity index (χ2v) is 9.42. The lowest BCUT2D eigenvalue weighted by molar-refractivity contribution is -0.0336. The SMILES string of the molecule is CC[C@H]1O[C@@H](c2ccc3c(NCc4ccccc4)nc(Cl)nc3c2)[C@H](OCc2ccccc2)[C@@H]1C. The first-order valence-electron chi connectivity index (χ1n) is 12.2. The highest BCUT2D eigenvalue weighted by Crippen LogP contribution is 2.41. The Hall–Kier alpha value is -2.99. The fourth-order valence-electron chi connectivity index (χ4n) is 4.83. The second-order valence-electron chi connectivity index (χ2n) is 9.08. The summed E-state index contributed by atoms with van der Waals surface area (Å²) in [5, 5.41) is 4.55. The van der Waals surface area contributed by atoms with E-state index in [1.165, 1.54) is 5.56 Å². The molecule has 1 N–H and O–H groups in total. The lowest BCUT2D eigenvalue weighted by atomic mass is 9.93. The van der Waals surface area contributed by atoms with Gasteiger partial charge in [0, 0.05) is 17.8 Å². The van der Waals surface area contributed by atoms with Crippen molar-refractivity contribution >= 4 is 28.3 Å². The summed E-state index contributed by atoms with van der Waals surface area (Å²) in [5.41, 5.74) is 4.16. The Bertz CT molecular complexity index is 1270. The van der Waals surface area contributed by atoms with Crippen molar-refractivity contribution in [3.8, 4) is 0 Å². The molecule has 0 unspecified atom stereocenters. The van der Waals surface area contributed by atoms with Crippen LogP contribution < -0.4 is 5.32 Å². The number of aromatic nitrogens is 2. The molecule has 1 saturated heterocycles. The van der Waals surface area contributed by atoms with Crippen molar-refractivity contribution in [3.63, 3.8) is 0 Å². The molecule has 0 aliphatic carbocycles. The van der Waals surface area contributed by atoms with Crippen molar-refractivity contribution in [2.24, 2.45) is 5.92 Å². The van der Waals surface area contributed by atoms with Gasteiger partial charge in [-0.25, -0.2) is 9.97 Å². The number of rotatable bonds is 8. The summed E-state index contributed by atoms with van der Waals surface area (Å²) >= 11 is 6.31. The monoisotopic (exact) mass is 487 g/mol. The van der Waals surface area contributed by atoms with Gasteiger partial charge in [0.2, 0.25) is 5.28 Å². The maximum atomic E-state index is 6.51. The molecule has 1 aliphatic heterocycles. The van der Waals surface area contributed by atoms with Gasteiger partial charge in [0.05, 0.1) is 24.3 Å². The van der Waals surface area contributed by atoms with Gasteiger partial charge in [0.25, 0.3) is 0 Å². The Morgan fingerprint density at radius 3 is 2.37 bits per heavy atom. The molecule has 1 aliphatic rings. The zero-order chi connectivity index (χ0) is 24.2. The molecule has 0 spiro atoms. The highest BCUT2D eigenvalue weighted by atomic mass is 35.5. The standard InChI is InChI=1S/C29H30ClN3O2/c1-3-25-19(2)26(34-18-21-12-8-5-9-13-21)27(35-25)22-14-15-23-24(16-22)32-29(30)33-28(23)31-17-20-10-6-4-7-11-20/h4-16,19,25-27H,3,17-18H2,1-2H3,(H,31,32,33)/t19-,25-,26-,27+/m1/s1. The van der Waals surface area contributed by atoms with Gasteiger partial charge >= 0.3 is 0 Å². The van der Waals surface area contributed by atoms with Crippen LogP contribution in [0, 0.1) is 5.92 Å². The number of ether oxygens (including phenoxy) is 2. The number of anilines is 1. The number of hydrogen-bond donors (Lipinski definition) is 1. The van der Waals surface area contributed by atoms with Gasteiger partial charge < -0.3 is 14.8 Å². The zero-order valence-corrected chi connectivity index (χ0v) is 20.8. The van der Waals surface area contributed by atoms with E-state index in [1.807, 2.05) is 36.4 Å². The van der Waals surface area contributed by atoms with E-state index >= 15 is 0 Å². The second kappa shape index (κ2) is 10.7.